The van der Waals surface area contributed by atoms with Gasteiger partial charge in [-0.2, -0.15) is 0 Å². The summed E-state index contributed by atoms with van der Waals surface area (Å²) in [6.07, 6.45) is 0. The third kappa shape index (κ3) is 21.8. The molecule has 0 amide bonds. The van der Waals surface area contributed by atoms with Gasteiger partial charge in [0.25, 0.3) is 0 Å². The van der Waals surface area contributed by atoms with E-state index in [1.165, 1.54) is 75.3 Å². The average Bonchev–Trinajstić information content (AvgIpc) is 3.30. The Morgan fingerprint density at radius 3 is 1.17 bits per heavy atom. The maximum absolute atomic E-state index is 12.1. The number of phenolic OH excluding ortho intramolecular Hbond substituents is 1. The van der Waals surface area contributed by atoms with E-state index in [9.17, 15) is 9.50 Å². The van der Waals surface area contributed by atoms with Crippen LogP contribution in [0.2, 0.25) is 0 Å². The van der Waals surface area contributed by atoms with Crippen LogP contribution in [0.25, 0.3) is 0 Å². The van der Waals surface area contributed by atoms with Crippen LogP contribution in [0.4, 0.5) is 38.5 Å². The zero-order chi connectivity index (χ0) is 44.5. The summed E-state index contributed by atoms with van der Waals surface area (Å²) in [6.45, 7) is 0. The molecule has 8 aromatic rings. The van der Waals surface area contributed by atoms with Gasteiger partial charge in [-0.1, -0.05) is 129 Å². The van der Waals surface area contributed by atoms with Crippen molar-refractivity contribution in [3.63, 3.8) is 0 Å². The second kappa shape index (κ2) is 34.7. The number of halogens is 4. The number of para-hydroxylation sites is 4. The summed E-state index contributed by atoms with van der Waals surface area (Å²) in [4.78, 5) is 13.2. The molecule has 0 saturated carbocycles. The monoisotopic (exact) mass is 1190 g/mol. The molecule has 1 N–H and O–H groups in total. The van der Waals surface area contributed by atoms with Crippen molar-refractivity contribution in [2.45, 2.75) is 0 Å². The molecule has 0 saturated heterocycles. The summed E-state index contributed by atoms with van der Waals surface area (Å²) >= 11 is 9.11. The SMILES string of the molecule is Brc1cccc(Oc2cccc(N(c3ccccc3)c3ccccc3)c2)c1.Fc1cccc(Br)c1.I.O=[P+]([O-])O[O-].Oc1cccc(N(c2ccccc2)c2ccccc2)c1.[K+].[K][K]. The van der Waals surface area contributed by atoms with Crippen LogP contribution in [0.5, 0.6) is 17.2 Å². The first-order valence-corrected chi connectivity index (χ1v) is 37.9. The van der Waals surface area contributed by atoms with Crippen LogP contribution in [0, 0.1) is 5.82 Å². The van der Waals surface area contributed by atoms with Gasteiger partial charge in [0.15, 0.2) is 0 Å². The first kappa shape index (κ1) is 59.6. The summed E-state index contributed by atoms with van der Waals surface area (Å²) in [7, 11) is -3.15. The molecule has 8 aromatic carbocycles. The Labute approximate surface area is 496 Å². The van der Waals surface area contributed by atoms with Gasteiger partial charge in [-0.25, -0.2) is 9.06 Å². The van der Waals surface area contributed by atoms with Crippen molar-refractivity contribution >= 4 is 161 Å². The molecule has 8 rings (SSSR count). The van der Waals surface area contributed by atoms with Gasteiger partial charge < -0.3 is 29.8 Å². The second-order valence-electron chi connectivity index (χ2n) is 12.3. The molecule has 0 aliphatic heterocycles. The van der Waals surface area contributed by atoms with Gasteiger partial charge in [0.2, 0.25) is 0 Å². The summed E-state index contributed by atoms with van der Waals surface area (Å²) in [5.74, 6) is 1.65. The Bertz CT molecular complexity index is 2440. The molecule has 16 heteroatoms. The zero-order valence-electron chi connectivity index (χ0n) is 35.2. The quantitative estimate of drug-likeness (QED) is 0.0501. The number of hydrogen-bond acceptors (Lipinski definition) is 8. The van der Waals surface area contributed by atoms with E-state index in [1.54, 1.807) is 24.3 Å². The Morgan fingerprint density at radius 2 is 0.828 bits per heavy atom. The predicted molar refractivity (Wildman–Crippen MR) is 268 cm³/mol. The molecule has 0 radical (unpaired) electrons. The number of phenols is 1. The van der Waals surface area contributed by atoms with Crippen molar-refractivity contribution in [2.24, 2.45) is 0 Å². The summed E-state index contributed by atoms with van der Waals surface area (Å²) in [6, 6.07) is 70.4. The molecule has 0 heterocycles. The first-order chi connectivity index (χ1) is 30.2. The van der Waals surface area contributed by atoms with Crippen molar-refractivity contribution < 1.29 is 85.0 Å². The number of nitrogens with zero attached hydrogens (tertiary/aromatic N) is 2. The van der Waals surface area contributed by atoms with E-state index in [2.05, 4.69) is 107 Å². The van der Waals surface area contributed by atoms with Gasteiger partial charge in [-0.15, -0.1) is 24.0 Å². The van der Waals surface area contributed by atoms with Crippen LogP contribution in [-0.4, -0.2) is 68.3 Å². The molecule has 1 unspecified atom stereocenters. The van der Waals surface area contributed by atoms with Crippen molar-refractivity contribution in [2.75, 3.05) is 9.80 Å². The topological polar surface area (TPSA) is 108 Å². The molecule has 8 nitrogen and oxygen atoms in total. The van der Waals surface area contributed by atoms with Crippen LogP contribution in [0.3, 0.4) is 0 Å². The molecular formula is C48H38Br2FIK3N2O6P. The maximum atomic E-state index is 12.1. The van der Waals surface area contributed by atoms with Crippen LogP contribution in [0.15, 0.2) is 227 Å². The minimum atomic E-state index is -3.15. The van der Waals surface area contributed by atoms with Crippen LogP contribution in [0.1, 0.15) is 0 Å². The molecule has 0 aromatic heterocycles. The predicted octanol–water partition coefficient (Wildman–Crippen LogP) is 10.3. The van der Waals surface area contributed by atoms with E-state index in [4.69, 9.17) is 19.5 Å². The summed E-state index contributed by atoms with van der Waals surface area (Å²) in [5.41, 5.74) is 6.29. The van der Waals surface area contributed by atoms with Crippen LogP contribution < -0.4 is 76.1 Å². The van der Waals surface area contributed by atoms with Gasteiger partial charge in [0.1, 0.15) is 23.1 Å². The number of benzene rings is 8. The average molecular weight is 1190 g/mol. The van der Waals surface area contributed by atoms with E-state index in [-0.39, 0.29) is 86.9 Å². The number of aromatic hydroxyl groups is 1. The number of anilines is 6. The van der Waals surface area contributed by atoms with Crippen molar-refractivity contribution in [3.05, 3.63) is 233 Å². The Balaban J connectivity index is 0.000000333. The number of ether oxygens (including phenoxy) is 1. The second-order valence-corrected chi connectivity index (χ2v) is 14.8. The van der Waals surface area contributed by atoms with Crippen molar-refractivity contribution in [3.8, 4) is 17.2 Å². The van der Waals surface area contributed by atoms with E-state index < -0.39 is 8.25 Å². The Hall–Kier alpha value is -0.531. The molecule has 0 fully saturated rings. The van der Waals surface area contributed by atoms with Gasteiger partial charge in [0, 0.05) is 55.2 Å². The van der Waals surface area contributed by atoms with E-state index >= 15 is 0 Å². The summed E-state index contributed by atoms with van der Waals surface area (Å²) < 4.78 is 31.3. The Morgan fingerprint density at radius 1 is 0.500 bits per heavy atom. The van der Waals surface area contributed by atoms with E-state index in [0.29, 0.717) is 0 Å². The molecular weight excluding hydrogens is 1150 g/mol. The molecule has 0 aliphatic carbocycles. The molecule has 0 bridgehead atoms. The van der Waals surface area contributed by atoms with Crippen LogP contribution in [-0.2, 0) is 9.24 Å². The van der Waals surface area contributed by atoms with Gasteiger partial charge in [-0.3, -0.25) is 0 Å². The van der Waals surface area contributed by atoms with Gasteiger partial charge in [0.05, 0.1) is 0 Å². The third-order valence-electron chi connectivity index (χ3n) is 8.10. The fourth-order valence-electron chi connectivity index (χ4n) is 5.65. The fourth-order valence-corrected chi connectivity index (χ4v) is 6.40. The molecule has 0 aliphatic rings. The van der Waals surface area contributed by atoms with Gasteiger partial charge in [-0.05, 0) is 114 Å². The number of rotatable bonds is 9. The van der Waals surface area contributed by atoms with E-state index in [0.717, 1.165) is 54.6 Å². The van der Waals surface area contributed by atoms with Crippen molar-refractivity contribution in [1.29, 1.82) is 0 Å². The minimum absolute atomic E-state index is 0. The Kier molecular flexibility index (Phi) is 32.3. The summed E-state index contributed by atoms with van der Waals surface area (Å²) in [5, 5.41) is 18.3. The van der Waals surface area contributed by atoms with Crippen molar-refractivity contribution in [1.82, 2.24) is 0 Å². The molecule has 0 spiro atoms. The van der Waals surface area contributed by atoms with Gasteiger partial charge >= 0.3 is 123 Å². The van der Waals surface area contributed by atoms with Crippen LogP contribution >= 0.6 is 64.1 Å². The zero-order valence-corrected chi connectivity index (χ0v) is 50.9. The number of hydrogen-bond donors (Lipinski definition) is 1. The third-order valence-corrected chi connectivity index (χ3v) is 9.21. The first-order valence-electron chi connectivity index (χ1n) is 19.2. The fraction of sp³-hybridized carbons (Fsp3) is 0. The normalized spacial score (nSPS) is 9.73. The molecule has 1 atom stereocenters. The van der Waals surface area contributed by atoms with E-state index in [1.807, 2.05) is 121 Å². The molecule has 64 heavy (non-hydrogen) atoms. The molecule has 312 valence electrons. The standard InChI is InChI=1S/C24H18BrNO.C18H15NO.C6H4BrF.HI.3K.HO4P/c25-19-9-7-15-23(17-19)27-24-16-8-14-22(18-24)26(20-10-3-1-4-11-20)21-12-5-2-6-13-21;20-18-13-7-12-17(14-18)19(15-8-3-1-4-9-15)16-10-5-2-6-11-16;7-5-2-1-3-6(8)4-5;;;;;1-4-5(2)3/h1-18H;1-14,20H;1-4H;1H;;;;1H/q;;;;;;+1;/p-1.